The topological polar surface area (TPSA) is 41.6 Å². The van der Waals surface area contributed by atoms with Gasteiger partial charge in [-0.15, -0.1) is 0 Å². The fourth-order valence-corrected chi connectivity index (χ4v) is 2.20. The highest BCUT2D eigenvalue weighted by molar-refractivity contribution is 5.76. The highest BCUT2D eigenvalue weighted by atomic mass is 16.5. The molecule has 1 N–H and O–H groups in total. The maximum Gasteiger partial charge on any atom is 0.220 e. The lowest BCUT2D eigenvalue weighted by Crippen LogP contribution is -2.30. The maximum atomic E-state index is 11.7. The molecule has 1 aromatic rings. The Labute approximate surface area is 134 Å². The summed E-state index contributed by atoms with van der Waals surface area (Å²) < 4.78 is 5.54. The van der Waals surface area contributed by atoms with Gasteiger partial charge in [0.2, 0.25) is 5.91 Å². The molecule has 0 saturated heterocycles. The molecule has 124 valence electrons. The number of benzene rings is 1. The minimum atomic E-state index is 0.0907. The highest BCUT2D eigenvalue weighted by Crippen LogP contribution is 2.05. The smallest absolute Gasteiger partial charge is 0.220 e. The summed E-state index contributed by atoms with van der Waals surface area (Å²) in [5, 5.41) is 2.90. The molecule has 0 saturated carbocycles. The van der Waals surface area contributed by atoms with E-state index >= 15 is 0 Å². The number of ether oxygens (including phenoxy) is 1. The lowest BCUT2D eigenvalue weighted by Gasteiger charge is -2.17. The summed E-state index contributed by atoms with van der Waals surface area (Å²) in [7, 11) is 0. The van der Waals surface area contributed by atoms with Crippen molar-refractivity contribution in [2.24, 2.45) is 0 Å². The molecule has 0 fully saturated rings. The summed E-state index contributed by atoms with van der Waals surface area (Å²) in [5.41, 5.74) is 2.45. The zero-order valence-corrected chi connectivity index (χ0v) is 14.2. The van der Waals surface area contributed by atoms with Crippen molar-refractivity contribution in [3.8, 4) is 0 Å². The molecule has 0 spiro atoms. The molecule has 4 heteroatoms. The minimum absolute atomic E-state index is 0.0907. The van der Waals surface area contributed by atoms with Crippen LogP contribution in [-0.4, -0.2) is 50.2 Å². The number of carbonyl (C=O) groups is 1. The second kappa shape index (κ2) is 11.2. The number of aryl methyl sites for hydroxylation is 2. The zero-order chi connectivity index (χ0) is 16.2. The van der Waals surface area contributed by atoms with Crippen LogP contribution < -0.4 is 5.32 Å². The van der Waals surface area contributed by atoms with Crippen molar-refractivity contribution < 1.29 is 9.53 Å². The van der Waals surface area contributed by atoms with Gasteiger partial charge in [0, 0.05) is 19.5 Å². The van der Waals surface area contributed by atoms with E-state index in [4.69, 9.17) is 4.74 Å². The molecule has 0 aliphatic heterocycles. The van der Waals surface area contributed by atoms with Crippen LogP contribution in [0.5, 0.6) is 0 Å². The number of nitrogens with one attached hydrogen (secondary N) is 1. The lowest BCUT2D eigenvalue weighted by molar-refractivity contribution is -0.121. The molecule has 1 rings (SSSR count). The Morgan fingerprint density at radius 2 is 1.82 bits per heavy atom. The summed E-state index contributed by atoms with van der Waals surface area (Å²) in [6.07, 6.45) is 1.32. The van der Waals surface area contributed by atoms with Crippen molar-refractivity contribution in [2.75, 3.05) is 39.4 Å². The van der Waals surface area contributed by atoms with Crippen LogP contribution in [0.3, 0.4) is 0 Å². The van der Waals surface area contributed by atoms with Crippen molar-refractivity contribution in [2.45, 2.75) is 33.6 Å². The molecule has 0 aliphatic rings. The van der Waals surface area contributed by atoms with E-state index in [2.05, 4.69) is 55.3 Å². The number of carbonyl (C=O) groups excluding carboxylic acids is 1. The molecule has 0 aliphatic carbocycles. The Kier molecular flexibility index (Phi) is 9.51. The number of likely N-dealkylation sites (N-methyl/N-ethyl adjacent to an activating group) is 1. The number of amides is 1. The van der Waals surface area contributed by atoms with Crippen molar-refractivity contribution >= 4 is 5.91 Å². The molecule has 22 heavy (non-hydrogen) atoms. The fourth-order valence-electron chi connectivity index (χ4n) is 2.20. The predicted octanol–water partition coefficient (Wildman–Crippen LogP) is 2.40. The van der Waals surface area contributed by atoms with Crippen LogP contribution in [0.1, 0.15) is 31.4 Å². The Bertz CT molecular complexity index is 414. The van der Waals surface area contributed by atoms with Crippen LogP contribution in [-0.2, 0) is 16.0 Å². The standard InChI is InChI=1S/C18H30N2O2/c1-4-20(5-2)13-15-22-14-12-19-18(21)11-10-17-8-6-16(3)7-9-17/h6-9H,4-5,10-15H2,1-3H3,(H,19,21). The second-order valence-corrected chi connectivity index (χ2v) is 5.47. The molecule has 0 unspecified atom stereocenters. The average molecular weight is 306 g/mol. The predicted molar refractivity (Wildman–Crippen MR) is 91.1 cm³/mol. The van der Waals surface area contributed by atoms with Gasteiger partial charge in [0.25, 0.3) is 0 Å². The fraction of sp³-hybridized carbons (Fsp3) is 0.611. The van der Waals surface area contributed by atoms with E-state index in [9.17, 15) is 4.79 Å². The molecule has 0 aromatic heterocycles. The Morgan fingerprint density at radius 3 is 2.45 bits per heavy atom. The van der Waals surface area contributed by atoms with Crippen molar-refractivity contribution in [3.05, 3.63) is 35.4 Å². The van der Waals surface area contributed by atoms with Crippen LogP contribution in [0.4, 0.5) is 0 Å². The van der Waals surface area contributed by atoms with Crippen molar-refractivity contribution in [1.29, 1.82) is 0 Å². The zero-order valence-electron chi connectivity index (χ0n) is 14.2. The van der Waals surface area contributed by atoms with E-state index < -0.39 is 0 Å². The lowest BCUT2D eigenvalue weighted by atomic mass is 10.1. The minimum Gasteiger partial charge on any atom is -0.378 e. The van der Waals surface area contributed by atoms with Gasteiger partial charge in [0.05, 0.1) is 13.2 Å². The van der Waals surface area contributed by atoms with E-state index in [1.807, 2.05) is 0 Å². The van der Waals surface area contributed by atoms with Crippen LogP contribution in [0.15, 0.2) is 24.3 Å². The molecule has 1 aromatic carbocycles. The monoisotopic (exact) mass is 306 g/mol. The van der Waals surface area contributed by atoms with Gasteiger partial charge in [-0.25, -0.2) is 0 Å². The molecule has 0 bridgehead atoms. The second-order valence-electron chi connectivity index (χ2n) is 5.47. The van der Waals surface area contributed by atoms with Gasteiger partial charge in [0.15, 0.2) is 0 Å². The molecule has 1 amide bonds. The maximum absolute atomic E-state index is 11.7. The Morgan fingerprint density at radius 1 is 1.14 bits per heavy atom. The number of nitrogens with zero attached hydrogens (tertiary/aromatic N) is 1. The molecular formula is C18H30N2O2. The van der Waals surface area contributed by atoms with E-state index in [0.29, 0.717) is 19.6 Å². The first-order valence-electron chi connectivity index (χ1n) is 8.28. The molecule has 4 nitrogen and oxygen atoms in total. The van der Waals surface area contributed by atoms with E-state index in [1.165, 1.54) is 11.1 Å². The van der Waals surface area contributed by atoms with E-state index in [-0.39, 0.29) is 5.91 Å². The number of rotatable bonds is 11. The molecular weight excluding hydrogens is 276 g/mol. The molecule has 0 atom stereocenters. The summed E-state index contributed by atoms with van der Waals surface area (Å²) in [4.78, 5) is 14.1. The SMILES string of the molecule is CCN(CC)CCOCCNC(=O)CCc1ccc(C)cc1. The highest BCUT2D eigenvalue weighted by Gasteiger charge is 2.02. The van der Waals surface area contributed by atoms with Gasteiger partial charge < -0.3 is 15.0 Å². The third kappa shape index (κ3) is 8.15. The van der Waals surface area contributed by atoms with Gasteiger partial charge in [-0.1, -0.05) is 43.7 Å². The third-order valence-corrected chi connectivity index (χ3v) is 3.78. The summed E-state index contributed by atoms with van der Waals surface area (Å²) in [5.74, 6) is 0.0907. The third-order valence-electron chi connectivity index (χ3n) is 3.78. The molecule has 0 heterocycles. The molecule has 0 radical (unpaired) electrons. The first kappa shape index (κ1) is 18.7. The Balaban J connectivity index is 2.03. The summed E-state index contributed by atoms with van der Waals surface area (Å²) in [6, 6.07) is 8.33. The van der Waals surface area contributed by atoms with Crippen molar-refractivity contribution in [1.82, 2.24) is 10.2 Å². The quantitative estimate of drug-likeness (QED) is 0.638. The first-order chi connectivity index (χ1) is 10.7. The van der Waals surface area contributed by atoms with Crippen LogP contribution in [0.2, 0.25) is 0 Å². The van der Waals surface area contributed by atoms with Gasteiger partial charge >= 0.3 is 0 Å². The summed E-state index contributed by atoms with van der Waals surface area (Å²) >= 11 is 0. The first-order valence-corrected chi connectivity index (χ1v) is 8.28. The number of hydrogen-bond acceptors (Lipinski definition) is 3. The van der Waals surface area contributed by atoms with Gasteiger partial charge in [-0.3, -0.25) is 4.79 Å². The van der Waals surface area contributed by atoms with Crippen LogP contribution in [0.25, 0.3) is 0 Å². The van der Waals surface area contributed by atoms with E-state index in [0.717, 1.165) is 32.7 Å². The van der Waals surface area contributed by atoms with Gasteiger partial charge in [-0.2, -0.15) is 0 Å². The number of hydrogen-bond donors (Lipinski definition) is 1. The summed E-state index contributed by atoms with van der Waals surface area (Å²) in [6.45, 7) is 11.3. The normalized spacial score (nSPS) is 10.9. The average Bonchev–Trinajstić information content (AvgIpc) is 2.54. The van der Waals surface area contributed by atoms with Crippen LogP contribution in [0, 0.1) is 6.92 Å². The van der Waals surface area contributed by atoms with E-state index in [1.54, 1.807) is 0 Å². The van der Waals surface area contributed by atoms with Gasteiger partial charge in [-0.05, 0) is 32.0 Å². The van der Waals surface area contributed by atoms with Crippen LogP contribution >= 0.6 is 0 Å². The van der Waals surface area contributed by atoms with Crippen molar-refractivity contribution in [3.63, 3.8) is 0 Å². The largest absolute Gasteiger partial charge is 0.378 e. The van der Waals surface area contributed by atoms with Gasteiger partial charge in [0.1, 0.15) is 0 Å². The Hall–Kier alpha value is -1.39.